The predicted molar refractivity (Wildman–Crippen MR) is 73.2 cm³/mol. The van der Waals surface area contributed by atoms with E-state index in [1.165, 1.54) is 0 Å². The Balaban J connectivity index is 1.80. The van der Waals surface area contributed by atoms with Crippen LogP contribution in [-0.2, 0) is 6.54 Å². The molecule has 0 aliphatic carbocycles. The van der Waals surface area contributed by atoms with Gasteiger partial charge in [-0.25, -0.2) is 0 Å². The van der Waals surface area contributed by atoms with Gasteiger partial charge >= 0.3 is 0 Å². The molecule has 2 N–H and O–H groups in total. The van der Waals surface area contributed by atoms with E-state index in [-0.39, 0.29) is 5.75 Å². The van der Waals surface area contributed by atoms with Crippen molar-refractivity contribution >= 4 is 11.3 Å². The average Bonchev–Trinajstić information content (AvgIpc) is 2.80. The van der Waals surface area contributed by atoms with Gasteiger partial charge in [-0.2, -0.15) is 0 Å². The molecule has 5 heteroatoms. The Morgan fingerprint density at radius 3 is 2.74 bits per heavy atom. The van der Waals surface area contributed by atoms with Crippen molar-refractivity contribution in [2.24, 2.45) is 0 Å². The third-order valence-corrected chi connectivity index (χ3v) is 2.95. The van der Waals surface area contributed by atoms with E-state index in [0.717, 1.165) is 22.7 Å². The van der Waals surface area contributed by atoms with Gasteiger partial charge in [0.2, 0.25) is 0 Å². The number of hydrogen-bond acceptors (Lipinski definition) is 4. The van der Waals surface area contributed by atoms with Gasteiger partial charge in [-0.15, -0.1) is 10.2 Å². The van der Waals surface area contributed by atoms with Crippen molar-refractivity contribution in [1.29, 1.82) is 0 Å². The van der Waals surface area contributed by atoms with Crippen molar-refractivity contribution in [3.8, 4) is 5.75 Å². The zero-order chi connectivity index (χ0) is 13.2. The molecule has 1 aromatic carbocycles. The molecule has 0 aliphatic heterocycles. The molecule has 0 spiro atoms. The second-order valence-corrected chi connectivity index (χ2v) is 4.45. The van der Waals surface area contributed by atoms with Crippen LogP contribution in [0, 0.1) is 6.92 Å². The van der Waals surface area contributed by atoms with Gasteiger partial charge in [0.25, 0.3) is 0 Å². The highest BCUT2D eigenvalue weighted by molar-refractivity contribution is 5.46. The average molecular weight is 254 g/mol. The summed E-state index contributed by atoms with van der Waals surface area (Å²) in [6.45, 7) is 2.61. The quantitative estimate of drug-likeness (QED) is 0.704. The van der Waals surface area contributed by atoms with Crippen LogP contribution in [0.5, 0.6) is 5.75 Å². The molecule has 2 aromatic heterocycles. The summed E-state index contributed by atoms with van der Waals surface area (Å²) in [4.78, 5) is 0. The highest BCUT2D eigenvalue weighted by Gasteiger charge is 2.04. The molecule has 0 saturated carbocycles. The molecular formula is C14H14N4O. The molecule has 19 heavy (non-hydrogen) atoms. The van der Waals surface area contributed by atoms with Gasteiger partial charge < -0.3 is 10.4 Å². The number of nitrogens with one attached hydrogen (secondary N) is 1. The first-order chi connectivity index (χ1) is 9.22. The highest BCUT2D eigenvalue weighted by Crippen LogP contribution is 2.14. The summed E-state index contributed by atoms with van der Waals surface area (Å²) >= 11 is 0. The first kappa shape index (κ1) is 11.5. The summed E-state index contributed by atoms with van der Waals surface area (Å²) < 4.78 is 1.96. The molecule has 3 aromatic rings. The van der Waals surface area contributed by atoms with Crippen molar-refractivity contribution < 1.29 is 5.11 Å². The minimum atomic E-state index is 0.258. The lowest BCUT2D eigenvalue weighted by Crippen LogP contribution is -2.03. The van der Waals surface area contributed by atoms with Crippen molar-refractivity contribution in [1.82, 2.24) is 14.6 Å². The smallest absolute Gasteiger partial charge is 0.161 e. The van der Waals surface area contributed by atoms with Crippen LogP contribution in [0.1, 0.15) is 11.4 Å². The third kappa shape index (κ3) is 2.35. The Bertz CT molecular complexity index is 703. The number of rotatable bonds is 3. The van der Waals surface area contributed by atoms with Crippen molar-refractivity contribution in [3.05, 3.63) is 54.0 Å². The van der Waals surface area contributed by atoms with Crippen LogP contribution in [0.15, 0.2) is 42.6 Å². The largest absolute Gasteiger partial charge is 0.508 e. The molecule has 0 aliphatic rings. The van der Waals surface area contributed by atoms with E-state index in [1.54, 1.807) is 12.1 Å². The maximum absolute atomic E-state index is 9.22. The van der Waals surface area contributed by atoms with Crippen LogP contribution >= 0.6 is 0 Å². The summed E-state index contributed by atoms with van der Waals surface area (Å²) in [7, 11) is 0. The number of fused-ring (bicyclic) bond motifs is 1. The maximum atomic E-state index is 9.22. The second-order valence-electron chi connectivity index (χ2n) is 4.45. The van der Waals surface area contributed by atoms with Crippen LogP contribution in [0.25, 0.3) is 5.65 Å². The molecule has 2 heterocycles. The van der Waals surface area contributed by atoms with E-state index in [9.17, 15) is 5.11 Å². The SMILES string of the molecule is Cc1ccn2c(CNc3ccc(O)cc3)nnc2c1. The number of hydrogen-bond donors (Lipinski definition) is 2. The van der Waals surface area contributed by atoms with E-state index < -0.39 is 0 Å². The molecule has 5 nitrogen and oxygen atoms in total. The lowest BCUT2D eigenvalue weighted by molar-refractivity contribution is 0.475. The standard InChI is InChI=1S/C14H14N4O/c1-10-6-7-18-13(8-10)16-17-14(18)9-15-11-2-4-12(19)5-3-11/h2-8,15,19H,9H2,1H3. The molecule has 0 saturated heterocycles. The van der Waals surface area contributed by atoms with E-state index in [4.69, 9.17) is 0 Å². The van der Waals surface area contributed by atoms with E-state index >= 15 is 0 Å². The molecule has 0 unspecified atom stereocenters. The molecular weight excluding hydrogens is 240 g/mol. The van der Waals surface area contributed by atoms with Crippen LogP contribution < -0.4 is 5.32 Å². The van der Waals surface area contributed by atoms with Crippen molar-refractivity contribution in [2.45, 2.75) is 13.5 Å². The fraction of sp³-hybridized carbons (Fsp3) is 0.143. The lowest BCUT2D eigenvalue weighted by Gasteiger charge is -2.05. The van der Waals surface area contributed by atoms with Gasteiger partial charge in [0.1, 0.15) is 5.75 Å². The maximum Gasteiger partial charge on any atom is 0.161 e. The normalized spacial score (nSPS) is 10.8. The van der Waals surface area contributed by atoms with Gasteiger partial charge in [-0.3, -0.25) is 4.40 Å². The zero-order valence-corrected chi connectivity index (χ0v) is 10.5. The fourth-order valence-electron chi connectivity index (χ4n) is 1.92. The fourth-order valence-corrected chi connectivity index (χ4v) is 1.92. The summed E-state index contributed by atoms with van der Waals surface area (Å²) in [6, 6.07) is 11.0. The number of anilines is 1. The molecule has 0 bridgehead atoms. The second kappa shape index (κ2) is 4.61. The summed E-state index contributed by atoms with van der Waals surface area (Å²) in [5.41, 5.74) is 2.95. The van der Waals surface area contributed by atoms with Gasteiger partial charge in [0.15, 0.2) is 11.5 Å². The summed E-state index contributed by atoms with van der Waals surface area (Å²) in [5, 5.41) is 20.8. The number of aromatic nitrogens is 3. The van der Waals surface area contributed by atoms with Gasteiger partial charge in [0.05, 0.1) is 6.54 Å². The van der Waals surface area contributed by atoms with Crippen LogP contribution in [0.4, 0.5) is 5.69 Å². The summed E-state index contributed by atoms with van der Waals surface area (Å²) in [5.74, 6) is 1.11. The topological polar surface area (TPSA) is 62.5 Å². The van der Waals surface area contributed by atoms with E-state index in [2.05, 4.69) is 15.5 Å². The Morgan fingerprint density at radius 2 is 1.95 bits per heavy atom. The predicted octanol–water partition coefficient (Wildman–Crippen LogP) is 2.36. The van der Waals surface area contributed by atoms with Gasteiger partial charge in [-0.05, 0) is 48.9 Å². The number of nitrogens with zero attached hydrogens (tertiary/aromatic N) is 3. The van der Waals surface area contributed by atoms with Gasteiger partial charge in [0, 0.05) is 11.9 Å². The van der Waals surface area contributed by atoms with Crippen LogP contribution in [0.2, 0.25) is 0 Å². The molecule has 0 amide bonds. The highest BCUT2D eigenvalue weighted by atomic mass is 16.3. The van der Waals surface area contributed by atoms with E-state index in [0.29, 0.717) is 6.54 Å². The zero-order valence-electron chi connectivity index (χ0n) is 10.5. The first-order valence-corrected chi connectivity index (χ1v) is 6.05. The van der Waals surface area contributed by atoms with Crippen molar-refractivity contribution in [2.75, 3.05) is 5.32 Å². The molecule has 0 fully saturated rings. The molecule has 96 valence electrons. The Labute approximate surface area is 110 Å². The number of pyridine rings is 1. The monoisotopic (exact) mass is 254 g/mol. The number of aryl methyl sites for hydroxylation is 1. The minimum absolute atomic E-state index is 0.258. The Hall–Kier alpha value is -2.56. The molecule has 0 atom stereocenters. The van der Waals surface area contributed by atoms with E-state index in [1.807, 2.05) is 41.8 Å². The Morgan fingerprint density at radius 1 is 1.16 bits per heavy atom. The Kier molecular flexibility index (Phi) is 2.79. The lowest BCUT2D eigenvalue weighted by atomic mass is 10.3. The van der Waals surface area contributed by atoms with Crippen molar-refractivity contribution in [3.63, 3.8) is 0 Å². The first-order valence-electron chi connectivity index (χ1n) is 6.05. The number of phenolic OH excluding ortho intramolecular Hbond substituents is 1. The molecule has 3 rings (SSSR count). The number of benzene rings is 1. The van der Waals surface area contributed by atoms with Crippen LogP contribution in [0.3, 0.4) is 0 Å². The number of aromatic hydroxyl groups is 1. The molecule has 0 radical (unpaired) electrons. The third-order valence-electron chi connectivity index (χ3n) is 2.95. The number of phenols is 1. The minimum Gasteiger partial charge on any atom is -0.508 e. The summed E-state index contributed by atoms with van der Waals surface area (Å²) in [6.07, 6.45) is 1.97. The van der Waals surface area contributed by atoms with Gasteiger partial charge in [-0.1, -0.05) is 0 Å². The van der Waals surface area contributed by atoms with Crippen LogP contribution in [-0.4, -0.2) is 19.7 Å².